The predicted molar refractivity (Wildman–Crippen MR) is 102 cm³/mol. The summed E-state index contributed by atoms with van der Waals surface area (Å²) in [5.74, 6) is 1.41. The Bertz CT molecular complexity index is 756. The van der Waals surface area contributed by atoms with Gasteiger partial charge in [0.1, 0.15) is 5.82 Å². The summed E-state index contributed by atoms with van der Waals surface area (Å²) in [7, 11) is 1.40. The molecule has 3 rings (SSSR count). The third-order valence-corrected chi connectivity index (χ3v) is 5.45. The van der Waals surface area contributed by atoms with E-state index in [1.807, 2.05) is 18.3 Å². The Morgan fingerprint density at radius 3 is 2.48 bits per heavy atom. The van der Waals surface area contributed by atoms with Crippen LogP contribution < -0.4 is 5.32 Å². The minimum Gasteiger partial charge on any atom is -0.465 e. The fraction of sp³-hybridized carbons (Fsp3) is 0.524. The van der Waals surface area contributed by atoms with E-state index in [1.165, 1.54) is 32.8 Å². The number of aromatic nitrogens is 1. The van der Waals surface area contributed by atoms with Crippen molar-refractivity contribution in [3.05, 3.63) is 36.0 Å². The number of rotatable bonds is 3. The first-order chi connectivity index (χ1) is 11.9. The topological polar surface area (TPSA) is 51.2 Å². The maximum atomic E-state index is 11.6. The Kier molecular flexibility index (Phi) is 4.98. The monoisotopic (exact) mass is 340 g/mol. The van der Waals surface area contributed by atoms with Gasteiger partial charge >= 0.3 is 5.97 Å². The first-order valence-electron chi connectivity index (χ1n) is 9.11. The molecule has 0 saturated heterocycles. The lowest BCUT2D eigenvalue weighted by atomic mass is 9.71. The van der Waals surface area contributed by atoms with E-state index in [-0.39, 0.29) is 5.97 Å². The highest BCUT2D eigenvalue weighted by Crippen LogP contribution is 2.38. The molecule has 1 saturated carbocycles. The molecule has 2 aromatic rings. The van der Waals surface area contributed by atoms with Crippen molar-refractivity contribution < 1.29 is 9.53 Å². The molecule has 1 aromatic carbocycles. The van der Waals surface area contributed by atoms with Crippen molar-refractivity contribution in [1.82, 2.24) is 4.98 Å². The Balaban J connectivity index is 1.68. The van der Waals surface area contributed by atoms with Gasteiger partial charge in [0.15, 0.2) is 0 Å². The van der Waals surface area contributed by atoms with E-state index in [0.29, 0.717) is 17.0 Å². The average Bonchev–Trinajstić information content (AvgIpc) is 2.60. The lowest BCUT2D eigenvalue weighted by Crippen LogP contribution is -2.31. The van der Waals surface area contributed by atoms with E-state index >= 15 is 0 Å². The summed E-state index contributed by atoms with van der Waals surface area (Å²) in [5.41, 5.74) is 0.960. The number of fused-ring (bicyclic) bond motifs is 1. The second kappa shape index (κ2) is 7.03. The second-order valence-corrected chi connectivity index (χ2v) is 8.18. The number of ether oxygens (including phenoxy) is 1. The van der Waals surface area contributed by atoms with Crippen LogP contribution in [0.25, 0.3) is 10.8 Å². The van der Waals surface area contributed by atoms with Crippen LogP contribution in [0.1, 0.15) is 56.8 Å². The number of benzene rings is 1. The summed E-state index contributed by atoms with van der Waals surface area (Å²) < 4.78 is 4.77. The molecule has 4 heteroatoms. The maximum absolute atomic E-state index is 11.6. The highest BCUT2D eigenvalue weighted by molar-refractivity contribution is 5.95. The summed E-state index contributed by atoms with van der Waals surface area (Å²) in [6, 6.07) is 8.13. The van der Waals surface area contributed by atoms with Gasteiger partial charge in [-0.25, -0.2) is 9.78 Å². The van der Waals surface area contributed by atoms with Crippen LogP contribution >= 0.6 is 0 Å². The SMILES string of the molecule is COC(=O)c1ccc2cc(NC3CCC(C(C)(C)C)CC3)ncc2c1. The smallest absolute Gasteiger partial charge is 0.337 e. The zero-order chi connectivity index (χ0) is 18.0. The van der Waals surface area contributed by atoms with Crippen LogP contribution in [0.5, 0.6) is 0 Å². The van der Waals surface area contributed by atoms with Gasteiger partial charge < -0.3 is 10.1 Å². The van der Waals surface area contributed by atoms with E-state index < -0.39 is 0 Å². The number of pyridine rings is 1. The molecule has 1 heterocycles. The number of nitrogens with zero attached hydrogens (tertiary/aromatic N) is 1. The van der Waals surface area contributed by atoms with Gasteiger partial charge in [-0.3, -0.25) is 0 Å². The van der Waals surface area contributed by atoms with E-state index in [1.54, 1.807) is 6.07 Å². The normalized spacial score (nSPS) is 21.1. The molecule has 1 fully saturated rings. The van der Waals surface area contributed by atoms with Crippen molar-refractivity contribution in [3.63, 3.8) is 0 Å². The molecule has 1 aliphatic rings. The van der Waals surface area contributed by atoms with Crippen molar-refractivity contribution in [2.75, 3.05) is 12.4 Å². The molecule has 0 bridgehead atoms. The minimum atomic E-state index is -0.320. The van der Waals surface area contributed by atoms with Crippen LogP contribution in [0, 0.1) is 11.3 Å². The van der Waals surface area contributed by atoms with Gasteiger partial charge in [0.25, 0.3) is 0 Å². The second-order valence-electron chi connectivity index (χ2n) is 8.18. The number of esters is 1. The molecular formula is C21H28N2O2. The molecule has 0 unspecified atom stereocenters. The summed E-state index contributed by atoms with van der Waals surface area (Å²) in [6.07, 6.45) is 6.77. The van der Waals surface area contributed by atoms with Gasteiger partial charge in [-0.05, 0) is 60.6 Å². The van der Waals surface area contributed by atoms with Gasteiger partial charge in [0, 0.05) is 17.6 Å². The van der Waals surface area contributed by atoms with Gasteiger partial charge in [0.05, 0.1) is 12.7 Å². The van der Waals surface area contributed by atoms with Crippen LogP contribution in [0.2, 0.25) is 0 Å². The van der Waals surface area contributed by atoms with Crippen molar-refractivity contribution in [2.45, 2.75) is 52.5 Å². The maximum Gasteiger partial charge on any atom is 0.337 e. The fourth-order valence-electron chi connectivity index (χ4n) is 3.78. The lowest BCUT2D eigenvalue weighted by molar-refractivity contribution is 0.0601. The molecular weight excluding hydrogens is 312 g/mol. The minimum absolute atomic E-state index is 0.320. The standard InChI is InChI=1S/C21H28N2O2/c1-21(2,3)17-7-9-18(10-8-17)23-19-12-14-5-6-15(20(24)25-4)11-16(14)13-22-19/h5-6,11-13,17-18H,7-10H2,1-4H3,(H,22,23). The van der Waals surface area contributed by atoms with Crippen molar-refractivity contribution >= 4 is 22.6 Å². The molecule has 4 nitrogen and oxygen atoms in total. The zero-order valence-corrected chi connectivity index (χ0v) is 15.6. The van der Waals surface area contributed by atoms with E-state index in [0.717, 1.165) is 22.5 Å². The predicted octanol–water partition coefficient (Wildman–Crippen LogP) is 5.04. The first kappa shape index (κ1) is 17.7. The van der Waals surface area contributed by atoms with Crippen LogP contribution in [0.4, 0.5) is 5.82 Å². The van der Waals surface area contributed by atoms with Crippen LogP contribution in [-0.4, -0.2) is 24.1 Å². The van der Waals surface area contributed by atoms with Crippen LogP contribution in [0.15, 0.2) is 30.5 Å². The quantitative estimate of drug-likeness (QED) is 0.796. The zero-order valence-electron chi connectivity index (χ0n) is 15.6. The lowest BCUT2D eigenvalue weighted by Gasteiger charge is -2.37. The first-order valence-corrected chi connectivity index (χ1v) is 9.11. The largest absolute Gasteiger partial charge is 0.465 e. The molecule has 25 heavy (non-hydrogen) atoms. The molecule has 0 spiro atoms. The average molecular weight is 340 g/mol. The molecule has 1 aliphatic carbocycles. The van der Waals surface area contributed by atoms with E-state index in [2.05, 4.69) is 37.1 Å². The number of nitrogens with one attached hydrogen (secondary N) is 1. The van der Waals surface area contributed by atoms with E-state index in [9.17, 15) is 4.79 Å². The Labute approximate surface area is 150 Å². The number of anilines is 1. The Morgan fingerprint density at radius 1 is 1.12 bits per heavy atom. The molecule has 0 radical (unpaired) electrons. The number of hydrogen-bond donors (Lipinski definition) is 1. The number of methoxy groups -OCH3 is 1. The molecule has 134 valence electrons. The highest BCUT2D eigenvalue weighted by atomic mass is 16.5. The fourth-order valence-corrected chi connectivity index (χ4v) is 3.78. The summed E-state index contributed by atoms with van der Waals surface area (Å²) in [5, 5.41) is 5.62. The molecule has 0 aliphatic heterocycles. The van der Waals surface area contributed by atoms with E-state index in [4.69, 9.17) is 4.74 Å². The summed E-state index contributed by atoms with van der Waals surface area (Å²) >= 11 is 0. The van der Waals surface area contributed by atoms with Crippen molar-refractivity contribution in [3.8, 4) is 0 Å². The van der Waals surface area contributed by atoms with Gasteiger partial charge in [-0.1, -0.05) is 26.8 Å². The van der Waals surface area contributed by atoms with Crippen LogP contribution in [0.3, 0.4) is 0 Å². The van der Waals surface area contributed by atoms with Crippen molar-refractivity contribution in [2.24, 2.45) is 11.3 Å². The Hall–Kier alpha value is -2.10. The third kappa shape index (κ3) is 4.12. The van der Waals surface area contributed by atoms with Crippen molar-refractivity contribution in [1.29, 1.82) is 0 Å². The third-order valence-electron chi connectivity index (χ3n) is 5.45. The molecule has 0 amide bonds. The molecule has 0 atom stereocenters. The van der Waals surface area contributed by atoms with Crippen LogP contribution in [-0.2, 0) is 4.74 Å². The molecule has 1 aromatic heterocycles. The summed E-state index contributed by atoms with van der Waals surface area (Å²) in [6.45, 7) is 7.04. The highest BCUT2D eigenvalue weighted by Gasteiger charge is 2.29. The number of carbonyl (C=O) groups excluding carboxylic acids is 1. The molecule has 1 N–H and O–H groups in total. The number of carbonyl (C=O) groups is 1. The van der Waals surface area contributed by atoms with Gasteiger partial charge in [0.2, 0.25) is 0 Å². The number of hydrogen-bond acceptors (Lipinski definition) is 4. The Morgan fingerprint density at radius 2 is 1.84 bits per heavy atom. The van der Waals surface area contributed by atoms with Gasteiger partial charge in [-0.2, -0.15) is 0 Å². The summed E-state index contributed by atoms with van der Waals surface area (Å²) in [4.78, 5) is 16.2. The van der Waals surface area contributed by atoms with Gasteiger partial charge in [-0.15, -0.1) is 0 Å².